The Hall–Kier alpha value is -2.86. The van der Waals surface area contributed by atoms with Crippen molar-refractivity contribution in [1.82, 2.24) is 16.0 Å². The van der Waals surface area contributed by atoms with Crippen LogP contribution in [0.5, 0.6) is 0 Å². The van der Waals surface area contributed by atoms with Gasteiger partial charge in [0.1, 0.15) is 0 Å². The number of aliphatic hydroxyl groups is 1. The van der Waals surface area contributed by atoms with Crippen molar-refractivity contribution < 1.29 is 9.90 Å². The van der Waals surface area contributed by atoms with E-state index in [1.807, 2.05) is 42.5 Å². The van der Waals surface area contributed by atoms with Crippen LogP contribution in [0.1, 0.15) is 27.4 Å². The lowest BCUT2D eigenvalue weighted by Gasteiger charge is -2.18. The molecule has 1 atom stereocenters. The van der Waals surface area contributed by atoms with Crippen molar-refractivity contribution in [2.75, 3.05) is 27.2 Å². The van der Waals surface area contributed by atoms with Crippen LogP contribution in [0.25, 0.3) is 0 Å². The highest BCUT2D eigenvalue weighted by atomic mass is 16.3. The molecule has 0 spiro atoms. The molecule has 0 fully saturated rings. The molecular weight excluding hydrogens is 328 g/mol. The fourth-order valence-corrected chi connectivity index (χ4v) is 2.56. The molecule has 0 aliphatic carbocycles. The van der Waals surface area contributed by atoms with E-state index >= 15 is 0 Å². The van der Waals surface area contributed by atoms with Gasteiger partial charge in [-0.25, -0.2) is 0 Å². The van der Waals surface area contributed by atoms with Gasteiger partial charge in [-0.05, 0) is 23.3 Å². The molecule has 26 heavy (non-hydrogen) atoms. The van der Waals surface area contributed by atoms with Gasteiger partial charge >= 0.3 is 0 Å². The van der Waals surface area contributed by atoms with Crippen molar-refractivity contribution in [3.8, 4) is 0 Å². The van der Waals surface area contributed by atoms with Gasteiger partial charge in [0.15, 0.2) is 5.96 Å². The van der Waals surface area contributed by atoms with Crippen LogP contribution >= 0.6 is 0 Å². The molecule has 0 saturated carbocycles. The Morgan fingerprint density at radius 2 is 1.77 bits per heavy atom. The summed E-state index contributed by atoms with van der Waals surface area (Å²) >= 11 is 0. The molecule has 138 valence electrons. The zero-order chi connectivity index (χ0) is 18.8. The van der Waals surface area contributed by atoms with Crippen molar-refractivity contribution >= 4 is 11.9 Å². The summed E-state index contributed by atoms with van der Waals surface area (Å²) < 4.78 is 0. The number of nitrogens with one attached hydrogen (secondary N) is 3. The van der Waals surface area contributed by atoms with Crippen LogP contribution in [0.3, 0.4) is 0 Å². The topological polar surface area (TPSA) is 85.8 Å². The average molecular weight is 354 g/mol. The number of hydrogen-bond acceptors (Lipinski definition) is 3. The Balaban J connectivity index is 1.86. The number of hydrogen-bond donors (Lipinski definition) is 4. The average Bonchev–Trinajstić information content (AvgIpc) is 2.71. The second kappa shape index (κ2) is 10.2. The van der Waals surface area contributed by atoms with Gasteiger partial charge in [-0.3, -0.25) is 9.79 Å². The van der Waals surface area contributed by atoms with Gasteiger partial charge in [-0.1, -0.05) is 42.5 Å². The molecule has 0 radical (unpaired) electrons. The van der Waals surface area contributed by atoms with E-state index in [-0.39, 0.29) is 18.4 Å². The Bertz CT molecular complexity index is 714. The number of benzene rings is 2. The van der Waals surface area contributed by atoms with E-state index < -0.39 is 0 Å². The summed E-state index contributed by atoms with van der Waals surface area (Å²) in [5, 5.41) is 18.7. The van der Waals surface area contributed by atoms with Crippen molar-refractivity contribution in [3.05, 3.63) is 71.3 Å². The summed E-state index contributed by atoms with van der Waals surface area (Å²) in [5.41, 5.74) is 2.76. The number of carbonyl (C=O) groups excluding carboxylic acids is 1. The van der Waals surface area contributed by atoms with Crippen LogP contribution in [0.2, 0.25) is 0 Å². The number of rotatable bonds is 7. The number of aliphatic hydroxyl groups excluding tert-OH is 1. The summed E-state index contributed by atoms with van der Waals surface area (Å²) in [6, 6.07) is 17.3. The minimum absolute atomic E-state index is 0.00147. The molecule has 0 saturated heterocycles. The summed E-state index contributed by atoms with van der Waals surface area (Å²) in [4.78, 5) is 15.8. The quantitative estimate of drug-likeness (QED) is 0.448. The van der Waals surface area contributed by atoms with E-state index in [1.54, 1.807) is 26.2 Å². The molecule has 0 aromatic heterocycles. The molecule has 2 aromatic rings. The summed E-state index contributed by atoms with van der Waals surface area (Å²) in [6.07, 6.45) is 0. The first-order chi connectivity index (χ1) is 12.7. The Morgan fingerprint density at radius 3 is 2.35 bits per heavy atom. The van der Waals surface area contributed by atoms with E-state index in [2.05, 4.69) is 20.9 Å². The van der Waals surface area contributed by atoms with Gasteiger partial charge in [0.05, 0.1) is 6.61 Å². The highest BCUT2D eigenvalue weighted by Crippen LogP contribution is 2.13. The van der Waals surface area contributed by atoms with E-state index in [9.17, 15) is 9.90 Å². The molecule has 4 N–H and O–H groups in total. The molecule has 2 aromatic carbocycles. The fourth-order valence-electron chi connectivity index (χ4n) is 2.56. The second-order valence-corrected chi connectivity index (χ2v) is 5.87. The molecule has 0 bridgehead atoms. The van der Waals surface area contributed by atoms with E-state index in [0.717, 1.165) is 11.1 Å². The Morgan fingerprint density at radius 1 is 1.08 bits per heavy atom. The van der Waals surface area contributed by atoms with Crippen molar-refractivity contribution in [2.45, 2.75) is 12.5 Å². The van der Waals surface area contributed by atoms with Gasteiger partial charge in [0.2, 0.25) is 0 Å². The highest BCUT2D eigenvalue weighted by molar-refractivity contribution is 5.93. The highest BCUT2D eigenvalue weighted by Gasteiger charge is 2.11. The van der Waals surface area contributed by atoms with Crippen molar-refractivity contribution in [1.29, 1.82) is 0 Å². The lowest BCUT2D eigenvalue weighted by molar-refractivity contribution is 0.0963. The summed E-state index contributed by atoms with van der Waals surface area (Å²) in [5.74, 6) is 0.564. The monoisotopic (exact) mass is 354 g/mol. The fraction of sp³-hybridized carbons (Fsp3) is 0.300. The van der Waals surface area contributed by atoms with Gasteiger partial charge in [-0.15, -0.1) is 0 Å². The molecule has 6 nitrogen and oxygen atoms in total. The first-order valence-corrected chi connectivity index (χ1v) is 8.59. The van der Waals surface area contributed by atoms with Crippen LogP contribution in [-0.2, 0) is 6.54 Å². The number of carbonyl (C=O) groups is 1. The zero-order valence-corrected chi connectivity index (χ0v) is 15.2. The number of aliphatic imine (C=N–C) groups is 1. The number of amides is 1. The Labute approximate surface area is 154 Å². The third kappa shape index (κ3) is 5.60. The summed E-state index contributed by atoms with van der Waals surface area (Å²) in [6.45, 7) is 1.23. The molecule has 0 aliphatic rings. The zero-order valence-electron chi connectivity index (χ0n) is 15.2. The third-order valence-electron chi connectivity index (χ3n) is 4.13. The van der Waals surface area contributed by atoms with E-state index in [0.29, 0.717) is 24.6 Å². The normalized spacial score (nSPS) is 12.3. The van der Waals surface area contributed by atoms with Gasteiger partial charge in [0.25, 0.3) is 5.91 Å². The first-order valence-electron chi connectivity index (χ1n) is 8.59. The third-order valence-corrected chi connectivity index (χ3v) is 4.13. The minimum atomic E-state index is -0.0991. The predicted octanol–water partition coefficient (Wildman–Crippen LogP) is 1.49. The lowest BCUT2D eigenvalue weighted by Crippen LogP contribution is -2.39. The molecule has 6 heteroatoms. The van der Waals surface area contributed by atoms with Crippen LogP contribution in [0, 0.1) is 0 Å². The van der Waals surface area contributed by atoms with Crippen LogP contribution in [0.4, 0.5) is 0 Å². The van der Waals surface area contributed by atoms with Crippen molar-refractivity contribution in [2.24, 2.45) is 4.99 Å². The predicted molar refractivity (Wildman–Crippen MR) is 104 cm³/mol. The standard InChI is InChI=1S/C20H26N4O2/c1-21-19(26)17-10-8-15(9-11-17)12-23-20(22-2)24-13-18(14-25)16-6-4-3-5-7-16/h3-11,18,25H,12-14H2,1-2H3,(H,21,26)(H2,22,23,24). The molecule has 1 unspecified atom stereocenters. The maximum Gasteiger partial charge on any atom is 0.251 e. The van der Waals surface area contributed by atoms with Crippen LogP contribution < -0.4 is 16.0 Å². The van der Waals surface area contributed by atoms with Gasteiger partial charge in [0, 0.05) is 38.7 Å². The van der Waals surface area contributed by atoms with Gasteiger partial charge < -0.3 is 21.1 Å². The SMILES string of the molecule is CN=C(NCc1ccc(C(=O)NC)cc1)NCC(CO)c1ccccc1. The van der Waals surface area contributed by atoms with E-state index in [4.69, 9.17) is 0 Å². The lowest BCUT2D eigenvalue weighted by atomic mass is 10.0. The molecular formula is C20H26N4O2. The van der Waals surface area contributed by atoms with Crippen LogP contribution in [0.15, 0.2) is 59.6 Å². The Kier molecular flexibility index (Phi) is 7.64. The number of guanidine groups is 1. The molecule has 0 heterocycles. The van der Waals surface area contributed by atoms with Gasteiger partial charge in [-0.2, -0.15) is 0 Å². The maximum absolute atomic E-state index is 11.6. The second-order valence-electron chi connectivity index (χ2n) is 5.87. The number of nitrogens with zero attached hydrogens (tertiary/aromatic N) is 1. The summed E-state index contributed by atoms with van der Waals surface area (Å²) in [7, 11) is 3.32. The molecule has 1 amide bonds. The molecule has 0 aliphatic heterocycles. The largest absolute Gasteiger partial charge is 0.396 e. The smallest absolute Gasteiger partial charge is 0.251 e. The molecule has 2 rings (SSSR count). The van der Waals surface area contributed by atoms with Crippen LogP contribution in [-0.4, -0.2) is 44.2 Å². The maximum atomic E-state index is 11.6. The van der Waals surface area contributed by atoms with E-state index in [1.165, 1.54) is 0 Å². The minimum Gasteiger partial charge on any atom is -0.396 e. The first kappa shape index (κ1) is 19.5. The van der Waals surface area contributed by atoms with Crippen molar-refractivity contribution in [3.63, 3.8) is 0 Å².